The highest BCUT2D eigenvalue weighted by Crippen LogP contribution is 2.02. The minimum absolute atomic E-state index is 0.122. The molecule has 0 spiro atoms. The Morgan fingerprint density at radius 3 is 2.04 bits per heavy atom. The van der Waals surface area contributed by atoms with Crippen LogP contribution in [0, 0.1) is 5.92 Å². The minimum atomic E-state index is -0.777. The zero-order valence-electron chi connectivity index (χ0n) is 15.1. The van der Waals surface area contributed by atoms with Gasteiger partial charge in [0.2, 0.25) is 29.5 Å². The van der Waals surface area contributed by atoms with Crippen LogP contribution in [0.3, 0.4) is 0 Å². The summed E-state index contributed by atoms with van der Waals surface area (Å²) in [5.41, 5.74) is 10.0. The number of amides is 5. The van der Waals surface area contributed by atoms with Crippen molar-refractivity contribution in [2.75, 3.05) is 26.2 Å². The Bertz CT molecular complexity index is 523. The van der Waals surface area contributed by atoms with E-state index in [1.807, 2.05) is 0 Å². The monoisotopic (exact) mass is 372 g/mol. The maximum atomic E-state index is 12.2. The van der Waals surface area contributed by atoms with E-state index in [0.29, 0.717) is 6.42 Å². The van der Waals surface area contributed by atoms with Crippen LogP contribution in [0.4, 0.5) is 0 Å². The highest BCUT2D eigenvalue weighted by Gasteiger charge is 2.23. The zero-order valence-corrected chi connectivity index (χ0v) is 15.1. The van der Waals surface area contributed by atoms with Gasteiger partial charge in [0.25, 0.3) is 0 Å². The molecule has 11 heteroatoms. The summed E-state index contributed by atoms with van der Waals surface area (Å²) in [5, 5.41) is 9.83. The van der Waals surface area contributed by atoms with Gasteiger partial charge in [-0.2, -0.15) is 0 Å². The lowest BCUT2D eigenvalue weighted by molar-refractivity contribution is -0.130. The zero-order chi connectivity index (χ0) is 20.1. The van der Waals surface area contributed by atoms with E-state index in [1.165, 1.54) is 0 Å². The molecule has 26 heavy (non-hydrogen) atoms. The van der Waals surface area contributed by atoms with Gasteiger partial charge in [0.05, 0.1) is 19.6 Å². The maximum absolute atomic E-state index is 12.2. The molecule has 0 bridgehead atoms. The normalized spacial score (nSPS) is 11.4. The quantitative estimate of drug-likeness (QED) is 0.195. The van der Waals surface area contributed by atoms with Gasteiger partial charge in [-0.1, -0.05) is 13.8 Å². The highest BCUT2D eigenvalue weighted by atomic mass is 16.2. The summed E-state index contributed by atoms with van der Waals surface area (Å²) < 4.78 is 0. The Morgan fingerprint density at radius 2 is 1.50 bits per heavy atom. The van der Waals surface area contributed by atoms with Crippen LogP contribution in [0.25, 0.3) is 0 Å². The number of carbonyl (C=O) groups is 5. The maximum Gasteiger partial charge on any atom is 0.242 e. The van der Waals surface area contributed by atoms with Crippen LogP contribution in [-0.4, -0.2) is 61.8 Å². The molecule has 1 atom stereocenters. The summed E-state index contributed by atoms with van der Waals surface area (Å²) in [7, 11) is 0. The summed E-state index contributed by atoms with van der Waals surface area (Å²) in [5.74, 6) is -2.53. The molecule has 0 aliphatic carbocycles. The summed E-state index contributed by atoms with van der Waals surface area (Å²) >= 11 is 0. The largest absolute Gasteiger partial charge is 0.368 e. The lowest BCUT2D eigenvalue weighted by atomic mass is 10.0. The summed E-state index contributed by atoms with van der Waals surface area (Å²) in [6.45, 7) is 3.03. The first kappa shape index (κ1) is 23.3. The second-order valence-electron chi connectivity index (χ2n) is 5.91. The molecule has 148 valence electrons. The molecular formula is C15H28N6O5. The van der Waals surface area contributed by atoms with Gasteiger partial charge < -0.3 is 32.7 Å². The van der Waals surface area contributed by atoms with Gasteiger partial charge in [-0.15, -0.1) is 0 Å². The number of carbonyl (C=O) groups excluding carboxylic acids is 5. The molecule has 0 aliphatic heterocycles. The lowest BCUT2D eigenvalue weighted by Crippen LogP contribution is -2.52. The molecule has 0 radical (unpaired) electrons. The molecule has 0 aromatic heterocycles. The van der Waals surface area contributed by atoms with Gasteiger partial charge in [-0.3, -0.25) is 24.0 Å². The molecular weight excluding hydrogens is 344 g/mol. The average molecular weight is 372 g/mol. The highest BCUT2D eigenvalue weighted by molar-refractivity contribution is 5.90. The smallest absolute Gasteiger partial charge is 0.242 e. The molecule has 5 amide bonds. The number of hydrogen-bond acceptors (Lipinski definition) is 6. The van der Waals surface area contributed by atoms with Crippen LogP contribution in [0.1, 0.15) is 26.7 Å². The third-order valence-electron chi connectivity index (χ3n) is 3.24. The van der Waals surface area contributed by atoms with Crippen LogP contribution in [0.5, 0.6) is 0 Å². The van der Waals surface area contributed by atoms with Crippen molar-refractivity contribution in [1.29, 1.82) is 0 Å². The molecule has 1 unspecified atom stereocenters. The van der Waals surface area contributed by atoms with Crippen LogP contribution in [0.15, 0.2) is 0 Å². The van der Waals surface area contributed by atoms with Crippen molar-refractivity contribution in [1.82, 2.24) is 21.3 Å². The minimum Gasteiger partial charge on any atom is -0.368 e. The Morgan fingerprint density at radius 1 is 0.885 bits per heavy atom. The van der Waals surface area contributed by atoms with E-state index < -0.39 is 29.7 Å². The average Bonchev–Trinajstić information content (AvgIpc) is 2.58. The van der Waals surface area contributed by atoms with Crippen molar-refractivity contribution in [3.05, 3.63) is 0 Å². The third-order valence-corrected chi connectivity index (χ3v) is 3.24. The molecule has 0 aromatic carbocycles. The van der Waals surface area contributed by atoms with E-state index in [2.05, 4.69) is 21.3 Å². The SMILES string of the molecule is CC(C)C(NC(=O)CNC(=O)CN)C(=O)NCCCC(=O)NCC(N)=O. The van der Waals surface area contributed by atoms with E-state index in [4.69, 9.17) is 11.5 Å². The second-order valence-corrected chi connectivity index (χ2v) is 5.91. The fourth-order valence-electron chi connectivity index (χ4n) is 1.86. The Balaban J connectivity index is 4.23. The molecule has 0 aliphatic rings. The van der Waals surface area contributed by atoms with Crippen LogP contribution < -0.4 is 32.7 Å². The fourth-order valence-corrected chi connectivity index (χ4v) is 1.86. The van der Waals surface area contributed by atoms with Crippen LogP contribution >= 0.6 is 0 Å². The Kier molecular flexibility index (Phi) is 11.3. The number of primary amides is 1. The molecule has 0 rings (SSSR count). The Labute approximate surface area is 152 Å². The number of nitrogens with one attached hydrogen (secondary N) is 4. The van der Waals surface area contributed by atoms with Crippen LogP contribution in [-0.2, 0) is 24.0 Å². The second kappa shape index (κ2) is 12.6. The molecule has 0 aromatic rings. The summed E-state index contributed by atoms with van der Waals surface area (Å²) in [4.78, 5) is 56.9. The molecule has 0 heterocycles. The van der Waals surface area contributed by atoms with E-state index in [9.17, 15) is 24.0 Å². The van der Waals surface area contributed by atoms with Gasteiger partial charge in [-0.25, -0.2) is 0 Å². The van der Waals surface area contributed by atoms with Gasteiger partial charge in [0, 0.05) is 13.0 Å². The van der Waals surface area contributed by atoms with Gasteiger partial charge in [0.15, 0.2) is 0 Å². The molecule has 0 saturated heterocycles. The van der Waals surface area contributed by atoms with Gasteiger partial charge in [-0.05, 0) is 12.3 Å². The van der Waals surface area contributed by atoms with Crippen molar-refractivity contribution in [3.63, 3.8) is 0 Å². The van der Waals surface area contributed by atoms with Gasteiger partial charge in [0.1, 0.15) is 6.04 Å². The number of hydrogen-bond donors (Lipinski definition) is 6. The standard InChI is InChI=1S/C15H28N6O5/c1-9(2)14(21-13(25)8-20-12(24)6-16)15(26)18-5-3-4-11(23)19-7-10(17)22/h9,14H,3-8,16H2,1-2H3,(H2,17,22)(H,18,26)(H,19,23)(H,20,24)(H,21,25). The van der Waals surface area contributed by atoms with E-state index >= 15 is 0 Å². The van der Waals surface area contributed by atoms with Crippen molar-refractivity contribution in [2.24, 2.45) is 17.4 Å². The van der Waals surface area contributed by atoms with E-state index in [-0.39, 0.29) is 44.4 Å². The van der Waals surface area contributed by atoms with Crippen molar-refractivity contribution in [2.45, 2.75) is 32.7 Å². The first-order valence-corrected chi connectivity index (χ1v) is 8.26. The van der Waals surface area contributed by atoms with Crippen molar-refractivity contribution in [3.8, 4) is 0 Å². The van der Waals surface area contributed by atoms with Crippen LogP contribution in [0.2, 0.25) is 0 Å². The summed E-state index contributed by atoms with van der Waals surface area (Å²) in [6, 6.07) is -0.777. The first-order valence-electron chi connectivity index (χ1n) is 8.26. The molecule has 11 nitrogen and oxygen atoms in total. The lowest BCUT2D eigenvalue weighted by Gasteiger charge is -2.21. The van der Waals surface area contributed by atoms with E-state index in [0.717, 1.165) is 0 Å². The van der Waals surface area contributed by atoms with Gasteiger partial charge >= 0.3 is 0 Å². The predicted octanol–water partition coefficient (Wildman–Crippen LogP) is -3.30. The molecule has 0 fully saturated rings. The summed E-state index contributed by atoms with van der Waals surface area (Å²) in [6.07, 6.45) is 0.485. The van der Waals surface area contributed by atoms with E-state index in [1.54, 1.807) is 13.8 Å². The molecule has 0 saturated carbocycles. The predicted molar refractivity (Wildman–Crippen MR) is 93.3 cm³/mol. The number of nitrogens with two attached hydrogens (primary N) is 2. The Hall–Kier alpha value is -2.69. The number of rotatable bonds is 12. The van der Waals surface area contributed by atoms with Crippen molar-refractivity contribution >= 4 is 29.5 Å². The fraction of sp³-hybridized carbons (Fsp3) is 0.667. The molecule has 8 N–H and O–H groups in total. The topological polar surface area (TPSA) is 186 Å². The van der Waals surface area contributed by atoms with Crippen molar-refractivity contribution < 1.29 is 24.0 Å². The third kappa shape index (κ3) is 11.0. The first-order chi connectivity index (χ1) is 12.2.